The molecule has 0 unspecified atom stereocenters. The molecular formula is C23H23Cl2NO2. The van der Waals surface area contributed by atoms with E-state index in [9.17, 15) is 0 Å². The van der Waals surface area contributed by atoms with Crippen LogP contribution in [0.4, 0.5) is 0 Å². The van der Waals surface area contributed by atoms with E-state index in [1.165, 1.54) is 5.56 Å². The number of hydrogen-bond acceptors (Lipinski definition) is 3. The van der Waals surface area contributed by atoms with Crippen LogP contribution in [0.3, 0.4) is 0 Å². The van der Waals surface area contributed by atoms with Crippen LogP contribution in [0.25, 0.3) is 0 Å². The van der Waals surface area contributed by atoms with Crippen molar-refractivity contribution in [3.63, 3.8) is 0 Å². The van der Waals surface area contributed by atoms with E-state index in [-0.39, 0.29) is 12.6 Å². The Morgan fingerprint density at radius 1 is 0.893 bits per heavy atom. The van der Waals surface area contributed by atoms with Crippen molar-refractivity contribution in [2.45, 2.75) is 26.1 Å². The van der Waals surface area contributed by atoms with Gasteiger partial charge >= 0.3 is 0 Å². The lowest BCUT2D eigenvalue weighted by Crippen LogP contribution is -2.18. The molecule has 0 bridgehead atoms. The maximum atomic E-state index is 6.21. The van der Waals surface area contributed by atoms with Crippen LogP contribution in [0.15, 0.2) is 66.7 Å². The van der Waals surface area contributed by atoms with E-state index >= 15 is 0 Å². The Kier molecular flexibility index (Phi) is 7.21. The fourth-order valence-electron chi connectivity index (χ4n) is 2.89. The van der Waals surface area contributed by atoms with Crippen molar-refractivity contribution in [1.82, 2.24) is 5.32 Å². The molecule has 0 saturated heterocycles. The summed E-state index contributed by atoms with van der Waals surface area (Å²) < 4.78 is 11.4. The lowest BCUT2D eigenvalue weighted by atomic mass is 10.1. The summed E-state index contributed by atoms with van der Waals surface area (Å²) in [6, 6.07) is 21.9. The first-order chi connectivity index (χ1) is 13.6. The number of halogens is 2. The Morgan fingerprint density at radius 3 is 2.29 bits per heavy atom. The summed E-state index contributed by atoms with van der Waals surface area (Å²) in [6.07, 6.45) is 0. The maximum absolute atomic E-state index is 6.21. The van der Waals surface area contributed by atoms with Crippen molar-refractivity contribution < 1.29 is 9.47 Å². The van der Waals surface area contributed by atoms with Gasteiger partial charge in [-0.1, -0.05) is 65.7 Å². The molecule has 0 aliphatic carbocycles. The predicted molar refractivity (Wildman–Crippen MR) is 115 cm³/mol. The minimum Gasteiger partial charge on any atom is -0.493 e. The molecule has 0 amide bonds. The van der Waals surface area contributed by atoms with Gasteiger partial charge in [0.2, 0.25) is 0 Å². The normalized spacial score (nSPS) is 11.9. The third-order valence-electron chi connectivity index (χ3n) is 4.57. The van der Waals surface area contributed by atoms with E-state index < -0.39 is 0 Å². The van der Waals surface area contributed by atoms with E-state index in [0.717, 1.165) is 17.7 Å². The highest BCUT2D eigenvalue weighted by Crippen LogP contribution is 2.31. The number of methoxy groups -OCH3 is 1. The minimum atomic E-state index is 0.255. The average molecular weight is 416 g/mol. The monoisotopic (exact) mass is 415 g/mol. The fraction of sp³-hybridized carbons (Fsp3) is 0.217. The van der Waals surface area contributed by atoms with E-state index in [0.29, 0.717) is 21.5 Å². The summed E-state index contributed by atoms with van der Waals surface area (Å²) in [5.41, 5.74) is 3.13. The number of ether oxygens (including phenoxy) is 2. The van der Waals surface area contributed by atoms with Crippen LogP contribution in [-0.4, -0.2) is 7.11 Å². The summed E-state index contributed by atoms with van der Waals surface area (Å²) >= 11 is 12.4. The highest BCUT2D eigenvalue weighted by Gasteiger charge is 2.11. The van der Waals surface area contributed by atoms with Crippen LogP contribution in [0.2, 0.25) is 10.0 Å². The molecule has 1 atom stereocenters. The number of hydrogen-bond donors (Lipinski definition) is 1. The molecule has 3 rings (SSSR count). The number of nitrogens with one attached hydrogen (secondary N) is 1. The summed E-state index contributed by atoms with van der Waals surface area (Å²) in [6.45, 7) is 3.15. The molecule has 1 N–H and O–H groups in total. The molecule has 0 radical (unpaired) electrons. The van der Waals surface area contributed by atoms with E-state index in [4.69, 9.17) is 32.7 Å². The largest absolute Gasteiger partial charge is 0.493 e. The van der Waals surface area contributed by atoms with Crippen LogP contribution < -0.4 is 14.8 Å². The minimum absolute atomic E-state index is 0.255. The van der Waals surface area contributed by atoms with E-state index in [1.54, 1.807) is 19.2 Å². The van der Waals surface area contributed by atoms with Crippen LogP contribution >= 0.6 is 23.2 Å². The molecular weight excluding hydrogens is 393 g/mol. The smallest absolute Gasteiger partial charge is 0.161 e. The van der Waals surface area contributed by atoms with E-state index in [2.05, 4.69) is 24.4 Å². The van der Waals surface area contributed by atoms with Crippen molar-refractivity contribution in [1.29, 1.82) is 0 Å². The standard InChI is InChI=1S/C23H23Cl2NO2/c1-16(18-7-4-3-5-8-18)26-14-17-11-12-22(23(13-17)27-2)28-15-19-20(24)9-6-10-21(19)25/h3-13,16,26H,14-15H2,1-2H3/t16-/m1/s1. The van der Waals surface area contributed by atoms with Gasteiger partial charge in [-0.2, -0.15) is 0 Å². The van der Waals surface area contributed by atoms with E-state index in [1.807, 2.05) is 42.5 Å². The van der Waals surface area contributed by atoms with Crippen LogP contribution in [0.5, 0.6) is 11.5 Å². The zero-order chi connectivity index (χ0) is 19.9. The Hall–Kier alpha value is -2.20. The van der Waals surface area contributed by atoms with Gasteiger partial charge in [-0.05, 0) is 42.3 Å². The Bertz CT molecular complexity index is 895. The Labute approximate surface area is 176 Å². The molecule has 3 aromatic carbocycles. The summed E-state index contributed by atoms with van der Waals surface area (Å²) in [7, 11) is 1.63. The van der Waals surface area contributed by atoms with Crippen molar-refractivity contribution in [2.75, 3.05) is 7.11 Å². The summed E-state index contributed by atoms with van der Waals surface area (Å²) in [5.74, 6) is 1.33. The molecule has 0 saturated carbocycles. The van der Waals surface area contributed by atoms with Gasteiger partial charge in [0.25, 0.3) is 0 Å². The van der Waals surface area contributed by atoms with Crippen LogP contribution in [0.1, 0.15) is 29.7 Å². The molecule has 3 nitrogen and oxygen atoms in total. The SMILES string of the molecule is COc1cc(CN[C@H](C)c2ccccc2)ccc1OCc1c(Cl)cccc1Cl. The third-order valence-corrected chi connectivity index (χ3v) is 5.28. The van der Waals surface area contributed by atoms with Crippen molar-refractivity contribution in [3.05, 3.63) is 93.5 Å². The molecule has 0 spiro atoms. The predicted octanol–water partition coefficient (Wildman–Crippen LogP) is 6.43. The van der Waals surface area contributed by atoms with Gasteiger partial charge in [-0.15, -0.1) is 0 Å². The highest BCUT2D eigenvalue weighted by atomic mass is 35.5. The molecule has 0 aromatic heterocycles. The Balaban J connectivity index is 1.65. The van der Waals surface area contributed by atoms with Crippen molar-refractivity contribution >= 4 is 23.2 Å². The lowest BCUT2D eigenvalue weighted by molar-refractivity contribution is 0.284. The maximum Gasteiger partial charge on any atom is 0.161 e. The summed E-state index contributed by atoms with van der Waals surface area (Å²) in [4.78, 5) is 0. The van der Waals surface area contributed by atoms with Crippen molar-refractivity contribution in [2.24, 2.45) is 0 Å². The van der Waals surface area contributed by atoms with Gasteiger partial charge in [0.05, 0.1) is 7.11 Å². The zero-order valence-electron chi connectivity index (χ0n) is 15.9. The molecule has 146 valence electrons. The van der Waals surface area contributed by atoms with Gasteiger partial charge in [0, 0.05) is 28.2 Å². The lowest BCUT2D eigenvalue weighted by Gasteiger charge is -2.16. The second-order valence-electron chi connectivity index (χ2n) is 6.49. The molecule has 0 fully saturated rings. The zero-order valence-corrected chi connectivity index (χ0v) is 17.4. The third kappa shape index (κ3) is 5.20. The van der Waals surface area contributed by atoms with Gasteiger partial charge in [-0.25, -0.2) is 0 Å². The van der Waals surface area contributed by atoms with Crippen LogP contribution in [0, 0.1) is 0 Å². The molecule has 0 heterocycles. The molecule has 0 aliphatic heterocycles. The Morgan fingerprint density at radius 2 is 1.61 bits per heavy atom. The first-order valence-electron chi connectivity index (χ1n) is 9.09. The van der Waals surface area contributed by atoms with Gasteiger partial charge < -0.3 is 14.8 Å². The van der Waals surface area contributed by atoms with Crippen LogP contribution in [-0.2, 0) is 13.2 Å². The van der Waals surface area contributed by atoms with Gasteiger partial charge in [0.15, 0.2) is 11.5 Å². The quantitative estimate of drug-likeness (QED) is 0.459. The van der Waals surface area contributed by atoms with Gasteiger partial charge in [0.1, 0.15) is 6.61 Å². The molecule has 3 aromatic rings. The fourth-order valence-corrected chi connectivity index (χ4v) is 3.40. The number of benzene rings is 3. The summed E-state index contributed by atoms with van der Waals surface area (Å²) in [5, 5.41) is 4.70. The highest BCUT2D eigenvalue weighted by molar-refractivity contribution is 6.35. The molecule has 5 heteroatoms. The van der Waals surface area contributed by atoms with Crippen molar-refractivity contribution in [3.8, 4) is 11.5 Å². The topological polar surface area (TPSA) is 30.5 Å². The average Bonchev–Trinajstić information content (AvgIpc) is 2.72. The molecule has 0 aliphatic rings. The first kappa shape index (κ1) is 20.5. The second-order valence-corrected chi connectivity index (χ2v) is 7.30. The van der Waals surface area contributed by atoms with Gasteiger partial charge in [-0.3, -0.25) is 0 Å². The molecule has 28 heavy (non-hydrogen) atoms. The first-order valence-corrected chi connectivity index (χ1v) is 9.85. The number of rotatable bonds is 8. The second kappa shape index (κ2) is 9.83.